The van der Waals surface area contributed by atoms with Crippen molar-refractivity contribution < 1.29 is 29.1 Å². The zero-order valence-electron chi connectivity index (χ0n) is 18.4. The third-order valence-corrected chi connectivity index (χ3v) is 5.10. The minimum absolute atomic E-state index is 0.0473. The third kappa shape index (κ3) is 10.5. The van der Waals surface area contributed by atoms with E-state index in [1.165, 1.54) is 0 Å². The van der Waals surface area contributed by atoms with Gasteiger partial charge < -0.3 is 32.5 Å². The smallest absolute Gasteiger partial charge is 0.326 e. The standard InChI is InChI=1S/C19H35N5O6S/c1-5-10(4)15(21)18(28)22-11(6-9(2)3)16(26)24-13(8-31)17(27)23-12(19(29)30)7-14(20)25/h9-13,15,31H,5-8,21H2,1-4H3,(H2,20,25)(H,22,28)(H,23,27)(H,24,26)(H,29,30). The number of carboxylic acid groups (broad SMARTS) is 1. The maximum absolute atomic E-state index is 12.8. The van der Waals surface area contributed by atoms with E-state index in [0.717, 1.165) is 0 Å². The number of carbonyl (C=O) groups excluding carboxylic acids is 4. The van der Waals surface area contributed by atoms with E-state index in [4.69, 9.17) is 16.6 Å². The Morgan fingerprint density at radius 2 is 1.39 bits per heavy atom. The van der Waals surface area contributed by atoms with Gasteiger partial charge in [-0.1, -0.05) is 34.1 Å². The summed E-state index contributed by atoms with van der Waals surface area (Å²) in [5.41, 5.74) is 10.9. The van der Waals surface area contributed by atoms with Crippen LogP contribution in [0.25, 0.3) is 0 Å². The van der Waals surface area contributed by atoms with E-state index in [2.05, 4.69) is 28.6 Å². The lowest BCUT2D eigenvalue weighted by atomic mass is 9.97. The van der Waals surface area contributed by atoms with Gasteiger partial charge in [-0.15, -0.1) is 0 Å². The summed E-state index contributed by atoms with van der Waals surface area (Å²) in [5, 5.41) is 16.4. The highest BCUT2D eigenvalue weighted by atomic mass is 32.1. The Hall–Kier alpha value is -2.34. The second-order valence-electron chi connectivity index (χ2n) is 7.92. The van der Waals surface area contributed by atoms with Gasteiger partial charge in [-0.3, -0.25) is 19.2 Å². The molecule has 0 aliphatic heterocycles. The molecule has 178 valence electrons. The van der Waals surface area contributed by atoms with Crippen molar-refractivity contribution in [2.24, 2.45) is 23.3 Å². The molecule has 0 radical (unpaired) electrons. The van der Waals surface area contributed by atoms with Gasteiger partial charge in [-0.2, -0.15) is 12.6 Å². The second kappa shape index (κ2) is 13.9. The van der Waals surface area contributed by atoms with Gasteiger partial charge in [-0.05, 0) is 18.3 Å². The second-order valence-corrected chi connectivity index (χ2v) is 8.28. The average molecular weight is 462 g/mol. The zero-order chi connectivity index (χ0) is 24.3. The summed E-state index contributed by atoms with van der Waals surface area (Å²) in [6.45, 7) is 7.46. The van der Waals surface area contributed by atoms with Crippen LogP contribution in [0.3, 0.4) is 0 Å². The maximum Gasteiger partial charge on any atom is 0.326 e. The van der Waals surface area contributed by atoms with Crippen molar-refractivity contribution in [1.29, 1.82) is 0 Å². The first kappa shape index (κ1) is 28.7. The van der Waals surface area contributed by atoms with Crippen molar-refractivity contribution in [2.75, 3.05) is 5.75 Å². The molecule has 4 amide bonds. The van der Waals surface area contributed by atoms with Crippen LogP contribution in [-0.4, -0.2) is 64.6 Å². The molecule has 8 N–H and O–H groups in total. The average Bonchev–Trinajstić information content (AvgIpc) is 2.68. The highest BCUT2D eigenvalue weighted by Crippen LogP contribution is 2.09. The topological polar surface area (TPSA) is 194 Å². The Bertz CT molecular complexity index is 660. The molecule has 12 heteroatoms. The van der Waals surface area contributed by atoms with Crippen molar-refractivity contribution in [3.05, 3.63) is 0 Å². The van der Waals surface area contributed by atoms with Crippen molar-refractivity contribution >= 4 is 42.2 Å². The number of carbonyl (C=O) groups is 5. The molecular weight excluding hydrogens is 426 g/mol. The minimum atomic E-state index is -1.54. The normalized spacial score (nSPS) is 15.8. The van der Waals surface area contributed by atoms with Gasteiger partial charge in [0.1, 0.15) is 18.1 Å². The summed E-state index contributed by atoms with van der Waals surface area (Å²) >= 11 is 4.03. The van der Waals surface area contributed by atoms with Crippen molar-refractivity contribution in [3.8, 4) is 0 Å². The summed E-state index contributed by atoms with van der Waals surface area (Å²) in [6, 6.07) is -4.47. The van der Waals surface area contributed by atoms with Crippen LogP contribution in [0.2, 0.25) is 0 Å². The van der Waals surface area contributed by atoms with Crippen LogP contribution < -0.4 is 27.4 Å². The fourth-order valence-electron chi connectivity index (χ4n) is 2.62. The van der Waals surface area contributed by atoms with Gasteiger partial charge in [0, 0.05) is 5.75 Å². The van der Waals surface area contributed by atoms with Gasteiger partial charge in [-0.25, -0.2) is 4.79 Å². The fraction of sp³-hybridized carbons (Fsp3) is 0.737. The Morgan fingerprint density at radius 3 is 1.81 bits per heavy atom. The molecule has 0 saturated heterocycles. The zero-order valence-corrected chi connectivity index (χ0v) is 19.3. The lowest BCUT2D eigenvalue weighted by molar-refractivity contribution is -0.143. The van der Waals surface area contributed by atoms with Gasteiger partial charge in [0.15, 0.2) is 0 Å². The third-order valence-electron chi connectivity index (χ3n) is 4.74. The summed E-state index contributed by atoms with van der Waals surface area (Å²) in [5.74, 6) is -4.48. The SMILES string of the molecule is CCC(C)C(N)C(=O)NC(CC(C)C)C(=O)NC(CS)C(=O)NC(CC(N)=O)C(=O)O. The molecule has 0 bridgehead atoms. The fourth-order valence-corrected chi connectivity index (χ4v) is 2.88. The highest BCUT2D eigenvalue weighted by molar-refractivity contribution is 7.80. The molecule has 0 rings (SSSR count). The molecule has 31 heavy (non-hydrogen) atoms. The number of rotatable bonds is 14. The van der Waals surface area contributed by atoms with Gasteiger partial charge in [0.25, 0.3) is 0 Å². The minimum Gasteiger partial charge on any atom is -0.480 e. The van der Waals surface area contributed by atoms with Crippen LogP contribution in [-0.2, 0) is 24.0 Å². The Labute approximate surface area is 187 Å². The number of amides is 4. The Morgan fingerprint density at radius 1 is 0.903 bits per heavy atom. The molecule has 0 aromatic carbocycles. The van der Waals surface area contributed by atoms with E-state index in [-0.39, 0.29) is 17.6 Å². The molecule has 0 spiro atoms. The number of carboxylic acids is 1. The number of hydrogen-bond donors (Lipinski definition) is 7. The van der Waals surface area contributed by atoms with Crippen LogP contribution in [0.1, 0.15) is 47.0 Å². The number of aliphatic carboxylic acids is 1. The molecule has 0 saturated carbocycles. The molecule has 0 aliphatic rings. The van der Waals surface area contributed by atoms with Crippen LogP contribution >= 0.6 is 12.6 Å². The van der Waals surface area contributed by atoms with Gasteiger partial charge >= 0.3 is 5.97 Å². The number of nitrogens with two attached hydrogens (primary N) is 2. The number of thiol groups is 1. The van der Waals surface area contributed by atoms with E-state index in [0.29, 0.717) is 12.8 Å². The molecule has 0 fully saturated rings. The van der Waals surface area contributed by atoms with E-state index < -0.39 is 60.2 Å². The first-order valence-electron chi connectivity index (χ1n) is 10.1. The molecule has 0 aromatic heterocycles. The molecular formula is C19H35N5O6S. The van der Waals surface area contributed by atoms with Crippen LogP contribution in [0, 0.1) is 11.8 Å². The maximum atomic E-state index is 12.8. The van der Waals surface area contributed by atoms with Gasteiger partial charge in [0.05, 0.1) is 12.5 Å². The summed E-state index contributed by atoms with van der Waals surface area (Å²) in [6.07, 6.45) is 0.382. The lowest BCUT2D eigenvalue weighted by Crippen LogP contribution is -2.58. The van der Waals surface area contributed by atoms with E-state index in [1.807, 2.05) is 27.7 Å². The molecule has 0 aliphatic carbocycles. The molecule has 0 aromatic rings. The van der Waals surface area contributed by atoms with Crippen LogP contribution in [0.15, 0.2) is 0 Å². The molecule has 0 heterocycles. The number of hydrogen-bond acceptors (Lipinski definition) is 7. The van der Waals surface area contributed by atoms with Gasteiger partial charge in [0.2, 0.25) is 23.6 Å². The van der Waals surface area contributed by atoms with E-state index in [9.17, 15) is 24.0 Å². The largest absolute Gasteiger partial charge is 0.480 e. The Balaban J connectivity index is 5.29. The molecule has 5 atom stereocenters. The molecule has 11 nitrogen and oxygen atoms in total. The quantitative estimate of drug-likeness (QED) is 0.157. The molecule has 5 unspecified atom stereocenters. The van der Waals surface area contributed by atoms with Crippen molar-refractivity contribution in [2.45, 2.75) is 71.1 Å². The van der Waals surface area contributed by atoms with Crippen molar-refractivity contribution in [3.63, 3.8) is 0 Å². The highest BCUT2D eigenvalue weighted by Gasteiger charge is 2.31. The first-order chi connectivity index (χ1) is 14.3. The Kier molecular flexibility index (Phi) is 12.8. The summed E-state index contributed by atoms with van der Waals surface area (Å²) < 4.78 is 0. The monoisotopic (exact) mass is 461 g/mol. The number of nitrogens with one attached hydrogen (secondary N) is 3. The first-order valence-corrected chi connectivity index (χ1v) is 10.8. The predicted molar refractivity (Wildman–Crippen MR) is 118 cm³/mol. The predicted octanol–water partition coefficient (Wildman–Crippen LogP) is -1.25. The van der Waals surface area contributed by atoms with Crippen molar-refractivity contribution in [1.82, 2.24) is 16.0 Å². The van der Waals surface area contributed by atoms with E-state index in [1.54, 1.807) is 0 Å². The summed E-state index contributed by atoms with van der Waals surface area (Å²) in [4.78, 5) is 59.8. The van der Waals surface area contributed by atoms with Crippen LogP contribution in [0.5, 0.6) is 0 Å². The van der Waals surface area contributed by atoms with Crippen LogP contribution in [0.4, 0.5) is 0 Å². The lowest BCUT2D eigenvalue weighted by Gasteiger charge is -2.26. The van der Waals surface area contributed by atoms with E-state index >= 15 is 0 Å². The summed E-state index contributed by atoms with van der Waals surface area (Å²) in [7, 11) is 0. The number of primary amides is 1.